The Bertz CT molecular complexity index is 550. The van der Waals surface area contributed by atoms with Gasteiger partial charge in [-0.25, -0.2) is 0 Å². The second-order valence-electron chi connectivity index (χ2n) is 5.97. The van der Waals surface area contributed by atoms with Gasteiger partial charge in [0.05, 0.1) is 11.5 Å². The van der Waals surface area contributed by atoms with Crippen molar-refractivity contribution in [3.8, 4) is 0 Å². The molecule has 1 aromatic carbocycles. The molecule has 1 aliphatic heterocycles. The maximum absolute atomic E-state index is 12.8. The lowest BCUT2D eigenvalue weighted by molar-refractivity contribution is -0.127. The van der Waals surface area contributed by atoms with Crippen LogP contribution in [0.15, 0.2) is 24.3 Å². The van der Waals surface area contributed by atoms with Gasteiger partial charge in [-0.05, 0) is 30.5 Å². The summed E-state index contributed by atoms with van der Waals surface area (Å²) in [6, 6.07) is 7.49. The smallest absolute Gasteiger partial charge is 0.230 e. The minimum Gasteiger partial charge on any atom is -0.354 e. The van der Waals surface area contributed by atoms with Crippen molar-refractivity contribution in [3.05, 3.63) is 34.9 Å². The van der Waals surface area contributed by atoms with Gasteiger partial charge in [-0.3, -0.25) is 9.59 Å². The standard InChI is InChI=1S/C16H19ClN2O2/c17-12-5-3-11(4-6-12)16(7-1-2-8-16)15(21)19-13-9-14(20)18-10-13/h3-6,13H,1-2,7-10H2,(H,18,20)(H,19,21). The number of rotatable bonds is 3. The summed E-state index contributed by atoms with van der Waals surface area (Å²) >= 11 is 5.95. The minimum atomic E-state index is -0.462. The van der Waals surface area contributed by atoms with Gasteiger partial charge in [0.15, 0.2) is 0 Å². The molecule has 0 bridgehead atoms. The van der Waals surface area contributed by atoms with Crippen molar-refractivity contribution in [1.82, 2.24) is 10.6 Å². The van der Waals surface area contributed by atoms with Crippen LogP contribution in [0.25, 0.3) is 0 Å². The molecule has 5 heteroatoms. The molecule has 21 heavy (non-hydrogen) atoms. The molecule has 112 valence electrons. The average molecular weight is 307 g/mol. The largest absolute Gasteiger partial charge is 0.354 e. The van der Waals surface area contributed by atoms with Crippen LogP contribution in [0.5, 0.6) is 0 Å². The van der Waals surface area contributed by atoms with Crippen molar-refractivity contribution >= 4 is 23.4 Å². The third-order valence-electron chi connectivity index (χ3n) is 4.60. The molecule has 1 atom stereocenters. The molecule has 3 rings (SSSR count). The second kappa shape index (κ2) is 5.68. The first-order chi connectivity index (χ1) is 10.1. The van der Waals surface area contributed by atoms with Crippen molar-refractivity contribution in [2.45, 2.75) is 43.6 Å². The fourth-order valence-corrected chi connectivity index (χ4v) is 3.55. The predicted molar refractivity (Wildman–Crippen MR) is 81.2 cm³/mol. The lowest BCUT2D eigenvalue weighted by Gasteiger charge is -2.29. The van der Waals surface area contributed by atoms with Crippen LogP contribution in [0.2, 0.25) is 5.02 Å². The van der Waals surface area contributed by atoms with Crippen LogP contribution in [-0.4, -0.2) is 24.4 Å². The van der Waals surface area contributed by atoms with Crippen LogP contribution in [0.3, 0.4) is 0 Å². The molecule has 1 aliphatic carbocycles. The van der Waals surface area contributed by atoms with Crippen LogP contribution in [0.4, 0.5) is 0 Å². The number of benzene rings is 1. The van der Waals surface area contributed by atoms with E-state index in [0.717, 1.165) is 31.2 Å². The summed E-state index contributed by atoms with van der Waals surface area (Å²) in [5.74, 6) is 0.0519. The Morgan fingerprint density at radius 3 is 2.48 bits per heavy atom. The lowest BCUT2D eigenvalue weighted by atomic mass is 9.78. The Balaban J connectivity index is 1.81. The Morgan fingerprint density at radius 2 is 1.90 bits per heavy atom. The van der Waals surface area contributed by atoms with Crippen LogP contribution in [0, 0.1) is 0 Å². The van der Waals surface area contributed by atoms with Gasteiger partial charge in [0, 0.05) is 18.0 Å². The third kappa shape index (κ3) is 2.77. The Kier molecular flexibility index (Phi) is 3.89. The van der Waals surface area contributed by atoms with Gasteiger partial charge in [-0.1, -0.05) is 36.6 Å². The van der Waals surface area contributed by atoms with E-state index in [1.165, 1.54) is 0 Å². The van der Waals surface area contributed by atoms with E-state index in [2.05, 4.69) is 10.6 Å². The van der Waals surface area contributed by atoms with Crippen LogP contribution in [-0.2, 0) is 15.0 Å². The highest BCUT2D eigenvalue weighted by atomic mass is 35.5. The molecule has 4 nitrogen and oxygen atoms in total. The summed E-state index contributed by atoms with van der Waals surface area (Å²) < 4.78 is 0. The van der Waals surface area contributed by atoms with Crippen molar-refractivity contribution in [2.75, 3.05) is 6.54 Å². The number of nitrogens with one attached hydrogen (secondary N) is 2. The highest BCUT2D eigenvalue weighted by Gasteiger charge is 2.43. The third-order valence-corrected chi connectivity index (χ3v) is 4.85. The van der Waals surface area contributed by atoms with E-state index in [-0.39, 0.29) is 17.9 Å². The van der Waals surface area contributed by atoms with Gasteiger partial charge in [0.2, 0.25) is 11.8 Å². The fraction of sp³-hybridized carbons (Fsp3) is 0.500. The Morgan fingerprint density at radius 1 is 1.24 bits per heavy atom. The van der Waals surface area contributed by atoms with Gasteiger partial charge < -0.3 is 10.6 Å². The van der Waals surface area contributed by atoms with Gasteiger partial charge in [-0.15, -0.1) is 0 Å². The van der Waals surface area contributed by atoms with Gasteiger partial charge in [0.1, 0.15) is 0 Å². The van der Waals surface area contributed by atoms with E-state index in [1.54, 1.807) is 0 Å². The predicted octanol–water partition coefficient (Wildman–Crippen LogP) is 2.16. The quantitative estimate of drug-likeness (QED) is 0.899. The van der Waals surface area contributed by atoms with Crippen LogP contribution < -0.4 is 10.6 Å². The van der Waals surface area contributed by atoms with Gasteiger partial charge in [0.25, 0.3) is 0 Å². The second-order valence-corrected chi connectivity index (χ2v) is 6.41. The summed E-state index contributed by atoms with van der Waals surface area (Å²) in [4.78, 5) is 24.1. The molecule has 1 unspecified atom stereocenters. The maximum Gasteiger partial charge on any atom is 0.230 e. The molecule has 1 saturated carbocycles. The number of halogens is 1. The SMILES string of the molecule is O=C1CC(NC(=O)C2(c3ccc(Cl)cc3)CCCC2)CN1. The molecule has 0 spiro atoms. The first kappa shape index (κ1) is 14.4. The maximum atomic E-state index is 12.8. The first-order valence-electron chi connectivity index (χ1n) is 7.44. The van der Waals surface area contributed by atoms with E-state index < -0.39 is 5.41 Å². The molecular formula is C16H19ClN2O2. The summed E-state index contributed by atoms with van der Waals surface area (Å²) in [5, 5.41) is 6.48. The van der Waals surface area contributed by atoms with Crippen LogP contribution in [0.1, 0.15) is 37.7 Å². The van der Waals surface area contributed by atoms with Gasteiger partial charge >= 0.3 is 0 Å². The molecule has 0 radical (unpaired) electrons. The van der Waals surface area contributed by atoms with Crippen molar-refractivity contribution < 1.29 is 9.59 Å². The number of amides is 2. The number of hydrogen-bond acceptors (Lipinski definition) is 2. The van der Waals surface area contributed by atoms with E-state index in [4.69, 9.17) is 11.6 Å². The van der Waals surface area contributed by atoms with Crippen molar-refractivity contribution in [3.63, 3.8) is 0 Å². The summed E-state index contributed by atoms with van der Waals surface area (Å²) in [5.41, 5.74) is 0.565. The molecule has 1 heterocycles. The molecule has 2 N–H and O–H groups in total. The number of hydrogen-bond donors (Lipinski definition) is 2. The molecule has 2 amide bonds. The number of carbonyl (C=O) groups excluding carboxylic acids is 2. The molecule has 0 aromatic heterocycles. The zero-order valence-electron chi connectivity index (χ0n) is 11.8. The highest BCUT2D eigenvalue weighted by molar-refractivity contribution is 6.30. The monoisotopic (exact) mass is 306 g/mol. The molecule has 2 aliphatic rings. The first-order valence-corrected chi connectivity index (χ1v) is 7.82. The fourth-order valence-electron chi connectivity index (χ4n) is 3.43. The van der Waals surface area contributed by atoms with Crippen molar-refractivity contribution in [2.24, 2.45) is 0 Å². The topological polar surface area (TPSA) is 58.2 Å². The van der Waals surface area contributed by atoms with E-state index in [9.17, 15) is 9.59 Å². The average Bonchev–Trinajstić information content (AvgIpc) is 3.10. The summed E-state index contributed by atoms with van der Waals surface area (Å²) in [7, 11) is 0. The zero-order chi connectivity index (χ0) is 14.9. The van der Waals surface area contributed by atoms with E-state index >= 15 is 0 Å². The van der Waals surface area contributed by atoms with Crippen LogP contribution >= 0.6 is 11.6 Å². The summed E-state index contributed by atoms with van der Waals surface area (Å²) in [6.45, 7) is 0.529. The normalized spacial score (nSPS) is 23.9. The van der Waals surface area contributed by atoms with Gasteiger partial charge in [-0.2, -0.15) is 0 Å². The molecule has 1 aromatic rings. The molecule has 2 fully saturated rings. The molecular weight excluding hydrogens is 288 g/mol. The van der Waals surface area contributed by atoms with E-state index in [0.29, 0.717) is 18.0 Å². The molecule has 1 saturated heterocycles. The Hall–Kier alpha value is -1.55. The highest BCUT2D eigenvalue weighted by Crippen LogP contribution is 2.41. The number of carbonyl (C=O) groups is 2. The van der Waals surface area contributed by atoms with E-state index in [1.807, 2.05) is 24.3 Å². The lowest BCUT2D eigenvalue weighted by Crippen LogP contribution is -2.47. The Labute approximate surface area is 129 Å². The zero-order valence-corrected chi connectivity index (χ0v) is 12.6. The van der Waals surface area contributed by atoms with Crippen molar-refractivity contribution in [1.29, 1.82) is 0 Å². The summed E-state index contributed by atoms with van der Waals surface area (Å²) in [6.07, 6.45) is 4.20. The minimum absolute atomic E-state index is 0.00673.